The van der Waals surface area contributed by atoms with Crippen LogP contribution in [0.2, 0.25) is 0 Å². The van der Waals surface area contributed by atoms with Gasteiger partial charge in [0.15, 0.2) is 5.82 Å². The van der Waals surface area contributed by atoms with E-state index in [1.165, 1.54) is 5.56 Å². The third kappa shape index (κ3) is 5.24. The molecule has 0 radical (unpaired) electrons. The number of aryl methyl sites for hydroxylation is 1. The quantitative estimate of drug-likeness (QED) is 0.536. The zero-order valence-electron chi connectivity index (χ0n) is 15.7. The van der Waals surface area contributed by atoms with Crippen LogP contribution in [0.3, 0.4) is 0 Å². The van der Waals surface area contributed by atoms with Crippen LogP contribution in [0.4, 0.5) is 13.2 Å². The number of pyridine rings is 1. The predicted octanol–water partition coefficient (Wildman–Crippen LogP) is 6.19. The van der Waals surface area contributed by atoms with Gasteiger partial charge < -0.3 is 4.74 Å². The van der Waals surface area contributed by atoms with Gasteiger partial charge in [-0.2, -0.15) is 13.8 Å². The molecule has 0 amide bonds. The van der Waals surface area contributed by atoms with Gasteiger partial charge in [0.2, 0.25) is 5.95 Å². The SMILES string of the molecule is CCCOc1ccc(C2CCC(CCc3cc(F)c(F)nc3F)CC2)cc1. The Balaban J connectivity index is 1.48. The molecule has 0 spiro atoms. The summed E-state index contributed by atoms with van der Waals surface area (Å²) >= 11 is 0. The van der Waals surface area contributed by atoms with Gasteiger partial charge >= 0.3 is 0 Å². The van der Waals surface area contributed by atoms with Crippen molar-refractivity contribution in [2.24, 2.45) is 5.92 Å². The highest BCUT2D eigenvalue weighted by atomic mass is 19.2. The van der Waals surface area contributed by atoms with Crippen molar-refractivity contribution in [3.05, 3.63) is 59.2 Å². The highest BCUT2D eigenvalue weighted by Crippen LogP contribution is 2.38. The first-order chi connectivity index (χ1) is 13.1. The number of rotatable bonds is 7. The molecule has 1 aliphatic rings. The first kappa shape index (κ1) is 19.7. The molecule has 1 aromatic carbocycles. The van der Waals surface area contributed by atoms with Crippen molar-refractivity contribution in [2.75, 3.05) is 6.61 Å². The number of ether oxygens (including phenoxy) is 1. The van der Waals surface area contributed by atoms with E-state index < -0.39 is 17.7 Å². The molecule has 0 atom stereocenters. The molecule has 0 aliphatic heterocycles. The number of nitrogens with zero attached hydrogens (tertiary/aromatic N) is 1. The maximum atomic E-state index is 13.7. The molecule has 1 fully saturated rings. The molecule has 0 saturated heterocycles. The van der Waals surface area contributed by atoms with Crippen LogP contribution in [0.5, 0.6) is 5.75 Å². The van der Waals surface area contributed by atoms with Gasteiger partial charge in [0.1, 0.15) is 5.75 Å². The molecule has 1 aromatic heterocycles. The molecule has 0 bridgehead atoms. The summed E-state index contributed by atoms with van der Waals surface area (Å²) in [6.07, 6.45) is 6.50. The van der Waals surface area contributed by atoms with Crippen molar-refractivity contribution in [3.63, 3.8) is 0 Å². The number of halogens is 3. The second kappa shape index (κ2) is 9.25. The summed E-state index contributed by atoms with van der Waals surface area (Å²) in [5.41, 5.74) is 1.51. The molecule has 5 heteroatoms. The van der Waals surface area contributed by atoms with E-state index in [9.17, 15) is 13.2 Å². The van der Waals surface area contributed by atoms with Crippen LogP contribution in [-0.2, 0) is 6.42 Å². The number of benzene rings is 1. The Bertz CT molecular complexity index is 740. The van der Waals surface area contributed by atoms with E-state index in [2.05, 4.69) is 24.0 Å². The smallest absolute Gasteiger partial charge is 0.251 e. The third-order valence-electron chi connectivity index (χ3n) is 5.45. The molecule has 2 nitrogen and oxygen atoms in total. The Morgan fingerprint density at radius 1 is 1.00 bits per heavy atom. The van der Waals surface area contributed by atoms with E-state index >= 15 is 0 Å². The minimum Gasteiger partial charge on any atom is -0.494 e. The standard InChI is InChI=1S/C22H26F3NO/c1-2-13-27-19-11-9-17(10-12-19)16-6-3-15(4-7-16)5-8-18-14-20(23)22(25)26-21(18)24/h9-12,14-16H,2-8,13H2,1H3. The number of hydrogen-bond donors (Lipinski definition) is 0. The minimum absolute atomic E-state index is 0.165. The molecule has 27 heavy (non-hydrogen) atoms. The minimum atomic E-state index is -1.37. The van der Waals surface area contributed by atoms with E-state index in [-0.39, 0.29) is 5.56 Å². The maximum Gasteiger partial charge on any atom is 0.251 e. The van der Waals surface area contributed by atoms with Gasteiger partial charge in [-0.25, -0.2) is 4.39 Å². The summed E-state index contributed by atoms with van der Waals surface area (Å²) in [4.78, 5) is 3.00. The topological polar surface area (TPSA) is 22.1 Å². The Labute approximate surface area is 158 Å². The van der Waals surface area contributed by atoms with Gasteiger partial charge in [-0.1, -0.05) is 19.1 Å². The molecule has 2 aromatic rings. The van der Waals surface area contributed by atoms with Crippen molar-refractivity contribution in [3.8, 4) is 5.75 Å². The molecule has 1 heterocycles. The summed E-state index contributed by atoms with van der Waals surface area (Å²) in [6, 6.07) is 9.31. The lowest BCUT2D eigenvalue weighted by Crippen LogP contribution is -2.14. The monoisotopic (exact) mass is 377 g/mol. The second-order valence-electron chi connectivity index (χ2n) is 7.38. The van der Waals surface area contributed by atoms with Crippen molar-refractivity contribution in [2.45, 2.75) is 57.8 Å². The molecule has 146 valence electrons. The van der Waals surface area contributed by atoms with Gasteiger partial charge in [0.25, 0.3) is 5.95 Å². The van der Waals surface area contributed by atoms with Gasteiger partial charge in [0.05, 0.1) is 6.61 Å². The highest BCUT2D eigenvalue weighted by Gasteiger charge is 2.23. The second-order valence-corrected chi connectivity index (χ2v) is 7.38. The summed E-state index contributed by atoms with van der Waals surface area (Å²) in [7, 11) is 0. The van der Waals surface area contributed by atoms with E-state index in [1.807, 2.05) is 12.1 Å². The molecule has 0 unspecified atom stereocenters. The van der Waals surface area contributed by atoms with Crippen LogP contribution in [-0.4, -0.2) is 11.6 Å². The first-order valence-corrected chi connectivity index (χ1v) is 9.80. The van der Waals surface area contributed by atoms with Crippen LogP contribution < -0.4 is 4.74 Å². The van der Waals surface area contributed by atoms with Crippen molar-refractivity contribution in [1.82, 2.24) is 4.98 Å². The van der Waals surface area contributed by atoms with Crippen molar-refractivity contribution < 1.29 is 17.9 Å². The molecular weight excluding hydrogens is 351 g/mol. The molecular formula is C22H26F3NO. The molecule has 1 saturated carbocycles. The van der Waals surface area contributed by atoms with E-state index in [0.29, 0.717) is 18.3 Å². The average Bonchev–Trinajstić information content (AvgIpc) is 2.69. The van der Waals surface area contributed by atoms with Crippen LogP contribution in [0.15, 0.2) is 30.3 Å². The van der Waals surface area contributed by atoms with Gasteiger partial charge in [0, 0.05) is 5.56 Å². The van der Waals surface area contributed by atoms with Gasteiger partial charge in [-0.05, 0) is 80.5 Å². The Morgan fingerprint density at radius 3 is 2.37 bits per heavy atom. The zero-order chi connectivity index (χ0) is 19.2. The van der Waals surface area contributed by atoms with Crippen molar-refractivity contribution >= 4 is 0 Å². The van der Waals surface area contributed by atoms with Crippen LogP contribution in [0.1, 0.15) is 62.5 Å². The molecule has 3 rings (SSSR count). The largest absolute Gasteiger partial charge is 0.494 e. The van der Waals surface area contributed by atoms with E-state index in [1.54, 1.807) is 0 Å². The van der Waals surface area contributed by atoms with E-state index in [0.717, 1.165) is 56.9 Å². The maximum absolute atomic E-state index is 13.7. The summed E-state index contributed by atoms with van der Waals surface area (Å²) in [5.74, 6) is -1.40. The summed E-state index contributed by atoms with van der Waals surface area (Å²) < 4.78 is 45.4. The lowest BCUT2D eigenvalue weighted by molar-refractivity contribution is 0.307. The Hall–Kier alpha value is -2.04. The predicted molar refractivity (Wildman–Crippen MR) is 99.4 cm³/mol. The lowest BCUT2D eigenvalue weighted by atomic mass is 9.77. The van der Waals surface area contributed by atoms with Crippen LogP contribution in [0, 0.1) is 23.6 Å². The van der Waals surface area contributed by atoms with Gasteiger partial charge in [-0.3, -0.25) is 0 Å². The summed E-state index contributed by atoms with van der Waals surface area (Å²) in [5, 5.41) is 0. The van der Waals surface area contributed by atoms with Crippen LogP contribution >= 0.6 is 0 Å². The summed E-state index contributed by atoms with van der Waals surface area (Å²) in [6.45, 7) is 2.82. The Morgan fingerprint density at radius 2 is 1.70 bits per heavy atom. The fourth-order valence-corrected chi connectivity index (χ4v) is 3.86. The molecule has 1 aliphatic carbocycles. The fraction of sp³-hybridized carbons (Fsp3) is 0.500. The number of hydrogen-bond acceptors (Lipinski definition) is 2. The normalized spacial score (nSPS) is 19.9. The third-order valence-corrected chi connectivity index (χ3v) is 5.45. The molecule has 0 N–H and O–H groups in total. The first-order valence-electron chi connectivity index (χ1n) is 9.80. The zero-order valence-corrected chi connectivity index (χ0v) is 15.7. The van der Waals surface area contributed by atoms with Crippen LogP contribution in [0.25, 0.3) is 0 Å². The fourth-order valence-electron chi connectivity index (χ4n) is 3.86. The average molecular weight is 377 g/mol. The Kier molecular flexibility index (Phi) is 6.75. The van der Waals surface area contributed by atoms with Crippen molar-refractivity contribution in [1.29, 1.82) is 0 Å². The lowest BCUT2D eigenvalue weighted by Gasteiger charge is -2.29. The highest BCUT2D eigenvalue weighted by molar-refractivity contribution is 5.29. The van der Waals surface area contributed by atoms with E-state index in [4.69, 9.17) is 4.74 Å². The van der Waals surface area contributed by atoms with Gasteiger partial charge in [-0.15, -0.1) is 0 Å². The number of aromatic nitrogens is 1.